The number of hydrogen-bond donors (Lipinski definition) is 1. The molecule has 2 aromatic rings. The minimum atomic E-state index is -3.75. The fourth-order valence-corrected chi connectivity index (χ4v) is 5.42. The van der Waals surface area contributed by atoms with Crippen LogP contribution in [0.1, 0.15) is 30.0 Å². The van der Waals surface area contributed by atoms with Gasteiger partial charge in [0, 0.05) is 31.6 Å². The van der Waals surface area contributed by atoms with Crippen molar-refractivity contribution in [2.45, 2.75) is 36.7 Å². The molecule has 0 fully saturated rings. The first kappa shape index (κ1) is 20.3. The molecule has 2 aliphatic rings. The maximum absolute atomic E-state index is 13.1. The summed E-state index contributed by atoms with van der Waals surface area (Å²) in [4.78, 5) is 14.1. The fraction of sp³-hybridized carbons (Fsp3) is 0.381. The average Bonchev–Trinajstić information content (AvgIpc) is 3.14. The topological polar surface area (TPSA) is 75.7 Å². The molecule has 0 saturated carbocycles. The minimum Gasteiger partial charge on any atom is -0.372 e. The lowest BCUT2D eigenvalue weighted by Gasteiger charge is -2.29. The maximum Gasteiger partial charge on any atom is 0.240 e. The van der Waals surface area contributed by atoms with E-state index in [9.17, 15) is 13.2 Å². The fourth-order valence-electron chi connectivity index (χ4n) is 4.01. The first-order chi connectivity index (χ1) is 13.7. The molecule has 1 N–H and O–H groups in total. The number of hydrogen-bond acceptors (Lipinski definition) is 4. The van der Waals surface area contributed by atoms with Crippen LogP contribution in [0.5, 0.6) is 0 Å². The number of anilines is 1. The second kappa shape index (κ2) is 7.40. The molecule has 0 aliphatic carbocycles. The van der Waals surface area contributed by atoms with E-state index in [1.165, 1.54) is 0 Å². The van der Waals surface area contributed by atoms with Crippen LogP contribution in [-0.4, -0.2) is 34.5 Å². The van der Waals surface area contributed by atoms with Gasteiger partial charge in [0.1, 0.15) is 5.60 Å². The van der Waals surface area contributed by atoms with Crippen LogP contribution in [0.25, 0.3) is 0 Å². The van der Waals surface area contributed by atoms with Crippen molar-refractivity contribution in [3.05, 3.63) is 58.1 Å². The number of sulfonamides is 1. The van der Waals surface area contributed by atoms with Crippen LogP contribution in [0.4, 0.5) is 5.69 Å². The molecule has 6 nitrogen and oxygen atoms in total. The Bertz CT molecular complexity index is 1090. The van der Waals surface area contributed by atoms with Crippen LogP contribution in [0.15, 0.2) is 41.3 Å². The van der Waals surface area contributed by atoms with E-state index in [4.69, 9.17) is 16.3 Å². The van der Waals surface area contributed by atoms with Crippen molar-refractivity contribution in [2.75, 3.05) is 25.1 Å². The molecule has 154 valence electrons. The smallest absolute Gasteiger partial charge is 0.240 e. The third-order valence-electron chi connectivity index (χ3n) is 5.82. The molecule has 1 amide bonds. The van der Waals surface area contributed by atoms with Gasteiger partial charge < -0.3 is 9.64 Å². The van der Waals surface area contributed by atoms with E-state index in [1.807, 2.05) is 19.1 Å². The molecule has 0 bridgehead atoms. The molecule has 0 spiro atoms. The van der Waals surface area contributed by atoms with Crippen LogP contribution in [0.3, 0.4) is 0 Å². The third-order valence-corrected chi connectivity index (χ3v) is 7.44. The second-order valence-electron chi connectivity index (χ2n) is 7.66. The van der Waals surface area contributed by atoms with Crippen LogP contribution in [-0.2, 0) is 38.0 Å². The lowest BCUT2D eigenvalue weighted by atomic mass is 9.96. The Hall–Kier alpha value is -1.93. The number of aryl methyl sites for hydroxylation is 1. The summed E-state index contributed by atoms with van der Waals surface area (Å²) in [5.74, 6) is 0.113. The van der Waals surface area contributed by atoms with Crippen molar-refractivity contribution in [1.82, 2.24) is 4.72 Å². The van der Waals surface area contributed by atoms with Crippen molar-refractivity contribution in [1.29, 1.82) is 0 Å². The number of carbonyl (C=O) groups excluding carboxylic acids is 1. The Morgan fingerprint density at radius 1 is 1.17 bits per heavy atom. The molecule has 0 aromatic heterocycles. The highest BCUT2D eigenvalue weighted by Gasteiger charge is 2.34. The molecular weight excluding hydrogens is 412 g/mol. The Morgan fingerprint density at radius 3 is 2.59 bits per heavy atom. The number of nitrogens with zero attached hydrogens (tertiary/aromatic N) is 1. The summed E-state index contributed by atoms with van der Waals surface area (Å²) < 4.78 is 34.4. The largest absolute Gasteiger partial charge is 0.372 e. The molecule has 1 atom stereocenters. The lowest BCUT2D eigenvalue weighted by Crippen LogP contribution is -2.40. The molecule has 1 unspecified atom stereocenters. The quantitative estimate of drug-likeness (QED) is 0.758. The van der Waals surface area contributed by atoms with E-state index >= 15 is 0 Å². The number of benzene rings is 2. The van der Waals surface area contributed by atoms with Crippen LogP contribution >= 0.6 is 11.6 Å². The lowest BCUT2D eigenvalue weighted by molar-refractivity contribution is -0.118. The molecule has 0 radical (unpaired) electrons. The summed E-state index contributed by atoms with van der Waals surface area (Å²) in [7, 11) is -2.21. The third kappa shape index (κ3) is 3.68. The normalized spacial score (nSPS) is 17.9. The zero-order valence-electron chi connectivity index (χ0n) is 16.4. The summed E-state index contributed by atoms with van der Waals surface area (Å²) in [5.41, 5.74) is 2.66. The number of nitrogens with one attached hydrogen (secondary N) is 1. The maximum atomic E-state index is 13.1. The monoisotopic (exact) mass is 434 g/mol. The van der Waals surface area contributed by atoms with Gasteiger partial charge in [0.15, 0.2) is 0 Å². The van der Waals surface area contributed by atoms with Gasteiger partial charge >= 0.3 is 0 Å². The van der Waals surface area contributed by atoms with Gasteiger partial charge in [0.2, 0.25) is 15.9 Å². The summed E-state index contributed by atoms with van der Waals surface area (Å²) in [6.07, 6.45) is 1.66. The number of methoxy groups -OCH3 is 1. The van der Waals surface area contributed by atoms with Gasteiger partial charge in [-0.2, -0.15) is 0 Å². The first-order valence-electron chi connectivity index (χ1n) is 9.50. The van der Waals surface area contributed by atoms with Crippen molar-refractivity contribution in [2.24, 2.45) is 0 Å². The Labute approximate surface area is 175 Å². The zero-order valence-corrected chi connectivity index (χ0v) is 17.9. The van der Waals surface area contributed by atoms with Gasteiger partial charge in [0.05, 0.1) is 10.6 Å². The average molecular weight is 435 g/mol. The highest BCUT2D eigenvalue weighted by molar-refractivity contribution is 7.89. The highest BCUT2D eigenvalue weighted by Crippen LogP contribution is 2.38. The van der Waals surface area contributed by atoms with Crippen LogP contribution in [0.2, 0.25) is 5.02 Å². The molecule has 4 rings (SSSR count). The van der Waals surface area contributed by atoms with E-state index in [-0.39, 0.29) is 17.3 Å². The minimum absolute atomic E-state index is 0.0587. The van der Waals surface area contributed by atoms with E-state index in [1.54, 1.807) is 36.3 Å². The predicted molar refractivity (Wildman–Crippen MR) is 112 cm³/mol. The molecule has 2 aliphatic heterocycles. The van der Waals surface area contributed by atoms with Gasteiger partial charge in [-0.3, -0.25) is 4.79 Å². The van der Waals surface area contributed by atoms with Crippen molar-refractivity contribution in [3.8, 4) is 0 Å². The van der Waals surface area contributed by atoms with Gasteiger partial charge in [-0.1, -0.05) is 23.7 Å². The van der Waals surface area contributed by atoms with E-state index in [0.29, 0.717) is 30.8 Å². The molecule has 29 heavy (non-hydrogen) atoms. The predicted octanol–water partition coefficient (Wildman–Crippen LogP) is 3.02. The van der Waals surface area contributed by atoms with Crippen molar-refractivity contribution >= 4 is 33.2 Å². The first-order valence-corrected chi connectivity index (χ1v) is 11.4. The van der Waals surface area contributed by atoms with E-state index in [0.717, 1.165) is 22.4 Å². The Morgan fingerprint density at radius 2 is 1.90 bits per heavy atom. The second-order valence-corrected chi connectivity index (χ2v) is 9.86. The summed E-state index contributed by atoms with van der Waals surface area (Å²) in [6, 6.07) is 10.6. The molecule has 2 aromatic carbocycles. The Kier molecular flexibility index (Phi) is 5.19. The van der Waals surface area contributed by atoms with Crippen LogP contribution < -0.4 is 9.62 Å². The van der Waals surface area contributed by atoms with Gasteiger partial charge in [-0.25, -0.2) is 13.1 Å². The standard InChI is InChI=1S/C21H23ClN2O4S/c1-21(28-2,16-4-3-5-17(22)12-16)13-23-29(26,27)18-10-14-6-7-19(25)24-9-8-15(11-18)20(14)24/h3-5,10-12,23H,6-9,13H2,1-2H3. The van der Waals surface area contributed by atoms with Gasteiger partial charge in [0.25, 0.3) is 0 Å². The zero-order chi connectivity index (χ0) is 20.8. The van der Waals surface area contributed by atoms with E-state index in [2.05, 4.69) is 4.72 Å². The number of halogens is 1. The van der Waals surface area contributed by atoms with Gasteiger partial charge in [-0.15, -0.1) is 0 Å². The molecule has 8 heteroatoms. The molecule has 2 heterocycles. The van der Waals surface area contributed by atoms with E-state index < -0.39 is 15.6 Å². The number of carbonyl (C=O) groups is 1. The summed E-state index contributed by atoms with van der Waals surface area (Å²) in [6.45, 7) is 2.49. The number of rotatable bonds is 6. The molecular formula is C21H23ClN2O4S. The summed E-state index contributed by atoms with van der Waals surface area (Å²) in [5, 5.41) is 0.561. The number of amides is 1. The number of ether oxygens (including phenoxy) is 1. The van der Waals surface area contributed by atoms with Gasteiger partial charge in [-0.05, 0) is 60.7 Å². The van der Waals surface area contributed by atoms with Crippen molar-refractivity contribution < 1.29 is 17.9 Å². The highest BCUT2D eigenvalue weighted by atomic mass is 35.5. The van der Waals surface area contributed by atoms with Crippen molar-refractivity contribution in [3.63, 3.8) is 0 Å². The summed E-state index contributed by atoms with van der Waals surface area (Å²) >= 11 is 6.09. The molecule has 0 saturated heterocycles. The van der Waals surface area contributed by atoms with Crippen LogP contribution in [0, 0.1) is 0 Å². The SMILES string of the molecule is COC(C)(CNS(=O)(=O)c1cc2c3c(c1)CCN3C(=O)CC2)c1cccc(Cl)c1. The Balaban J connectivity index is 1.61.